The van der Waals surface area contributed by atoms with Crippen LogP contribution in [0.3, 0.4) is 0 Å². The van der Waals surface area contributed by atoms with Crippen LogP contribution in [0.15, 0.2) is 22.7 Å². The molecule has 2 rings (SSSR count). The zero-order valence-corrected chi connectivity index (χ0v) is 10.8. The first-order valence-electron chi connectivity index (χ1n) is 5.53. The molecule has 0 fully saturated rings. The molecule has 4 nitrogen and oxygen atoms in total. The molecule has 0 aliphatic heterocycles. The van der Waals surface area contributed by atoms with Gasteiger partial charge < -0.3 is 10.3 Å². The molecule has 1 aromatic heterocycles. The molecule has 96 valence electrons. The molecule has 1 atom stereocenters. The molecule has 2 aromatic rings. The Hall–Kier alpha value is -1.46. The number of rotatable bonds is 3. The van der Waals surface area contributed by atoms with Crippen molar-refractivity contribution >= 4 is 11.6 Å². The van der Waals surface area contributed by atoms with Crippen LogP contribution in [0.4, 0.5) is 4.39 Å². The second-order valence-corrected chi connectivity index (χ2v) is 4.73. The third-order valence-corrected chi connectivity index (χ3v) is 2.76. The lowest BCUT2D eigenvalue weighted by atomic mass is 10.1. The predicted molar refractivity (Wildman–Crippen MR) is 65.8 cm³/mol. The SMILES string of the molecule is CC(C)c1nc(C(N)c2ccc(Cl)cc2F)no1. The first-order chi connectivity index (χ1) is 8.49. The molecule has 0 aliphatic rings. The molecule has 0 bridgehead atoms. The van der Waals surface area contributed by atoms with E-state index in [2.05, 4.69) is 10.1 Å². The van der Waals surface area contributed by atoms with E-state index in [-0.39, 0.29) is 17.3 Å². The van der Waals surface area contributed by atoms with Crippen molar-refractivity contribution in [2.75, 3.05) is 0 Å². The number of hydrogen-bond donors (Lipinski definition) is 1. The number of nitrogens with two attached hydrogens (primary N) is 1. The summed E-state index contributed by atoms with van der Waals surface area (Å²) in [6, 6.07) is 3.54. The van der Waals surface area contributed by atoms with E-state index in [9.17, 15) is 4.39 Å². The highest BCUT2D eigenvalue weighted by Gasteiger charge is 2.20. The average Bonchev–Trinajstić information content (AvgIpc) is 2.77. The van der Waals surface area contributed by atoms with Crippen molar-refractivity contribution in [3.8, 4) is 0 Å². The summed E-state index contributed by atoms with van der Waals surface area (Å²) in [7, 11) is 0. The molecule has 1 unspecified atom stereocenters. The Morgan fingerprint density at radius 3 is 2.67 bits per heavy atom. The van der Waals surface area contributed by atoms with Crippen molar-refractivity contribution in [2.24, 2.45) is 5.73 Å². The number of aromatic nitrogens is 2. The molecule has 0 amide bonds. The quantitative estimate of drug-likeness (QED) is 0.930. The van der Waals surface area contributed by atoms with Crippen LogP contribution in [0.1, 0.15) is 43.1 Å². The second kappa shape index (κ2) is 5.04. The van der Waals surface area contributed by atoms with Crippen molar-refractivity contribution in [3.05, 3.63) is 46.3 Å². The smallest absolute Gasteiger partial charge is 0.229 e. The number of benzene rings is 1. The van der Waals surface area contributed by atoms with Crippen molar-refractivity contribution < 1.29 is 8.91 Å². The second-order valence-electron chi connectivity index (χ2n) is 4.29. The highest BCUT2D eigenvalue weighted by molar-refractivity contribution is 6.30. The van der Waals surface area contributed by atoms with Gasteiger partial charge in [0.05, 0.1) is 6.04 Å². The molecule has 0 radical (unpaired) electrons. The summed E-state index contributed by atoms with van der Waals surface area (Å²) >= 11 is 5.68. The number of hydrogen-bond acceptors (Lipinski definition) is 4. The van der Waals surface area contributed by atoms with Crippen LogP contribution in [0.2, 0.25) is 5.02 Å². The first kappa shape index (κ1) is 13.0. The highest BCUT2D eigenvalue weighted by Crippen LogP contribution is 2.24. The molecular weight excluding hydrogens is 257 g/mol. The molecule has 6 heteroatoms. The first-order valence-corrected chi connectivity index (χ1v) is 5.91. The van der Waals surface area contributed by atoms with Gasteiger partial charge >= 0.3 is 0 Å². The summed E-state index contributed by atoms with van der Waals surface area (Å²) in [6.45, 7) is 3.84. The normalized spacial score (nSPS) is 13.0. The van der Waals surface area contributed by atoms with E-state index in [1.165, 1.54) is 12.1 Å². The summed E-state index contributed by atoms with van der Waals surface area (Å²) in [4.78, 5) is 4.15. The Kier molecular flexibility index (Phi) is 3.63. The van der Waals surface area contributed by atoms with Crippen molar-refractivity contribution in [1.29, 1.82) is 0 Å². The van der Waals surface area contributed by atoms with E-state index >= 15 is 0 Å². The van der Waals surface area contributed by atoms with Crippen LogP contribution in [-0.2, 0) is 0 Å². The molecule has 0 saturated heterocycles. The minimum Gasteiger partial charge on any atom is -0.339 e. The van der Waals surface area contributed by atoms with E-state index in [0.29, 0.717) is 10.9 Å². The maximum Gasteiger partial charge on any atom is 0.229 e. The van der Waals surface area contributed by atoms with Gasteiger partial charge in [0.15, 0.2) is 5.82 Å². The van der Waals surface area contributed by atoms with Crippen LogP contribution >= 0.6 is 11.6 Å². The molecule has 1 heterocycles. The van der Waals surface area contributed by atoms with E-state index in [4.69, 9.17) is 21.9 Å². The van der Waals surface area contributed by atoms with E-state index in [0.717, 1.165) is 0 Å². The van der Waals surface area contributed by atoms with Gasteiger partial charge in [0.1, 0.15) is 5.82 Å². The van der Waals surface area contributed by atoms with Crippen LogP contribution in [0.5, 0.6) is 0 Å². The minimum absolute atomic E-state index is 0.105. The fraction of sp³-hybridized carbons (Fsp3) is 0.333. The zero-order chi connectivity index (χ0) is 13.3. The summed E-state index contributed by atoms with van der Waals surface area (Å²) in [5.41, 5.74) is 6.20. The van der Waals surface area contributed by atoms with E-state index in [1.807, 2.05) is 13.8 Å². The lowest BCUT2D eigenvalue weighted by molar-refractivity contribution is 0.359. The van der Waals surface area contributed by atoms with Gasteiger partial charge in [-0.2, -0.15) is 4.98 Å². The Balaban J connectivity index is 2.32. The van der Waals surface area contributed by atoms with Gasteiger partial charge in [-0.25, -0.2) is 4.39 Å². The van der Waals surface area contributed by atoms with Gasteiger partial charge in [-0.05, 0) is 12.1 Å². The van der Waals surface area contributed by atoms with Gasteiger partial charge in [-0.1, -0.05) is 36.7 Å². The van der Waals surface area contributed by atoms with Crippen LogP contribution in [0.25, 0.3) is 0 Å². The van der Waals surface area contributed by atoms with Crippen molar-refractivity contribution in [2.45, 2.75) is 25.8 Å². The molecule has 18 heavy (non-hydrogen) atoms. The zero-order valence-electron chi connectivity index (χ0n) is 10.0. The van der Waals surface area contributed by atoms with E-state index in [1.54, 1.807) is 6.07 Å². The third-order valence-electron chi connectivity index (χ3n) is 2.53. The minimum atomic E-state index is -0.765. The predicted octanol–water partition coefficient (Wildman–Crippen LogP) is 3.03. The molecule has 0 spiro atoms. The third kappa shape index (κ3) is 2.52. The van der Waals surface area contributed by atoms with Gasteiger partial charge in [0.25, 0.3) is 0 Å². The Bertz CT molecular complexity index is 556. The summed E-state index contributed by atoms with van der Waals surface area (Å²) < 4.78 is 18.7. The van der Waals surface area contributed by atoms with Gasteiger partial charge in [-0.3, -0.25) is 0 Å². The van der Waals surface area contributed by atoms with Gasteiger partial charge in [0.2, 0.25) is 5.89 Å². The van der Waals surface area contributed by atoms with Crippen LogP contribution in [-0.4, -0.2) is 10.1 Å². The fourth-order valence-electron chi connectivity index (χ4n) is 1.50. The molecule has 0 saturated carbocycles. The standard InChI is InChI=1S/C12H13ClFN3O/c1-6(2)12-16-11(17-18-12)10(15)8-4-3-7(13)5-9(8)14/h3-6,10H,15H2,1-2H3. The average molecular weight is 270 g/mol. The number of nitrogens with zero attached hydrogens (tertiary/aromatic N) is 2. The summed E-state index contributed by atoms with van der Waals surface area (Å²) in [5, 5.41) is 4.09. The maximum absolute atomic E-state index is 13.7. The van der Waals surface area contributed by atoms with Crippen molar-refractivity contribution in [3.63, 3.8) is 0 Å². The van der Waals surface area contributed by atoms with Crippen molar-refractivity contribution in [1.82, 2.24) is 10.1 Å². The van der Waals surface area contributed by atoms with E-state index < -0.39 is 11.9 Å². The Morgan fingerprint density at radius 1 is 1.39 bits per heavy atom. The maximum atomic E-state index is 13.7. The molecule has 1 aromatic carbocycles. The lowest BCUT2D eigenvalue weighted by Crippen LogP contribution is -2.15. The highest BCUT2D eigenvalue weighted by atomic mass is 35.5. The van der Waals surface area contributed by atoms with Crippen LogP contribution < -0.4 is 5.73 Å². The topological polar surface area (TPSA) is 64.9 Å². The fourth-order valence-corrected chi connectivity index (χ4v) is 1.66. The van der Waals surface area contributed by atoms with Crippen LogP contribution in [0, 0.1) is 5.82 Å². The van der Waals surface area contributed by atoms with Gasteiger partial charge in [-0.15, -0.1) is 0 Å². The largest absolute Gasteiger partial charge is 0.339 e. The summed E-state index contributed by atoms with van der Waals surface area (Å²) in [5.74, 6) is 0.370. The lowest BCUT2D eigenvalue weighted by Gasteiger charge is -2.08. The summed E-state index contributed by atoms with van der Waals surface area (Å²) in [6.07, 6.45) is 0. The number of halogens is 2. The molecular formula is C12H13ClFN3O. The monoisotopic (exact) mass is 269 g/mol. The Labute approximate surface area is 109 Å². The Morgan fingerprint density at radius 2 is 2.11 bits per heavy atom. The van der Waals surface area contributed by atoms with Gasteiger partial charge in [0, 0.05) is 16.5 Å². The molecule has 2 N–H and O–H groups in total. The molecule has 0 aliphatic carbocycles.